The Morgan fingerprint density at radius 3 is 2.39 bits per heavy atom. The van der Waals surface area contributed by atoms with E-state index in [0.717, 1.165) is 43.0 Å². The summed E-state index contributed by atoms with van der Waals surface area (Å²) in [6.07, 6.45) is 7.16. The van der Waals surface area contributed by atoms with E-state index in [4.69, 9.17) is 11.6 Å². The van der Waals surface area contributed by atoms with Crippen LogP contribution in [0.5, 0.6) is 0 Å². The minimum absolute atomic E-state index is 0.144. The van der Waals surface area contributed by atoms with Gasteiger partial charge < -0.3 is 5.32 Å². The summed E-state index contributed by atoms with van der Waals surface area (Å²) in [4.78, 5) is 12.9. The number of hydrogen-bond donors (Lipinski definition) is 1. The largest absolute Gasteiger partial charge is 0.367 e. The zero-order chi connectivity index (χ0) is 22.9. The minimum Gasteiger partial charge on any atom is -0.367 e. The SMILES string of the molecule is C[C@H](CC1CCC(c2ccnc3ccc(F)cc23)CC1)Nc1nc(Cl)nc2ccc(F)cc12. The first-order valence-corrected chi connectivity index (χ1v) is 11.8. The van der Waals surface area contributed by atoms with Crippen LogP contribution in [0.25, 0.3) is 21.8 Å². The lowest BCUT2D eigenvalue weighted by Crippen LogP contribution is -2.23. The van der Waals surface area contributed by atoms with Gasteiger partial charge in [0.05, 0.1) is 11.0 Å². The van der Waals surface area contributed by atoms with E-state index in [1.54, 1.807) is 18.2 Å². The van der Waals surface area contributed by atoms with Crippen molar-refractivity contribution in [1.29, 1.82) is 0 Å². The van der Waals surface area contributed by atoms with Gasteiger partial charge in [0.1, 0.15) is 17.5 Å². The van der Waals surface area contributed by atoms with E-state index in [9.17, 15) is 8.78 Å². The monoisotopic (exact) mass is 466 g/mol. The quantitative estimate of drug-likeness (QED) is 0.314. The summed E-state index contributed by atoms with van der Waals surface area (Å²) in [5, 5.41) is 5.12. The Balaban J connectivity index is 1.25. The van der Waals surface area contributed by atoms with Gasteiger partial charge >= 0.3 is 0 Å². The number of pyridine rings is 1. The van der Waals surface area contributed by atoms with Crippen molar-refractivity contribution in [2.24, 2.45) is 5.92 Å². The first-order chi connectivity index (χ1) is 16.0. The lowest BCUT2D eigenvalue weighted by molar-refractivity contribution is 0.302. The fourth-order valence-electron chi connectivity index (χ4n) is 5.18. The standard InChI is InChI=1S/C26H25ClF2N4/c1-15(31-25-22-14-19(29)7-9-24(22)32-26(27)33-25)12-16-2-4-17(5-3-16)20-10-11-30-23-8-6-18(28)13-21(20)23/h6-11,13-17H,2-5,12H2,1H3,(H,31,32,33)/t15-,16?,17?/m1/s1. The van der Waals surface area contributed by atoms with Gasteiger partial charge in [-0.15, -0.1) is 0 Å². The van der Waals surface area contributed by atoms with Gasteiger partial charge in [0.25, 0.3) is 0 Å². The van der Waals surface area contributed by atoms with Crippen LogP contribution < -0.4 is 5.32 Å². The molecule has 0 unspecified atom stereocenters. The number of nitrogens with one attached hydrogen (secondary N) is 1. The average Bonchev–Trinajstić information content (AvgIpc) is 2.79. The maximum Gasteiger partial charge on any atom is 0.224 e. The molecule has 0 bridgehead atoms. The third-order valence-electron chi connectivity index (χ3n) is 6.72. The van der Waals surface area contributed by atoms with Crippen molar-refractivity contribution in [3.63, 3.8) is 0 Å². The van der Waals surface area contributed by atoms with Crippen LogP contribution in [-0.4, -0.2) is 21.0 Å². The summed E-state index contributed by atoms with van der Waals surface area (Å²) in [6.45, 7) is 2.12. The van der Waals surface area contributed by atoms with Gasteiger partial charge in [-0.2, -0.15) is 0 Å². The maximum absolute atomic E-state index is 13.8. The minimum atomic E-state index is -0.328. The highest BCUT2D eigenvalue weighted by Gasteiger charge is 2.25. The molecule has 1 fully saturated rings. The van der Waals surface area contributed by atoms with Gasteiger partial charge in [0.2, 0.25) is 5.28 Å². The Bertz CT molecular complexity index is 1300. The zero-order valence-corrected chi connectivity index (χ0v) is 19.1. The highest BCUT2D eigenvalue weighted by atomic mass is 35.5. The first kappa shape index (κ1) is 22.0. The van der Waals surface area contributed by atoms with E-state index in [-0.39, 0.29) is 23.0 Å². The van der Waals surface area contributed by atoms with Crippen molar-refractivity contribution < 1.29 is 8.78 Å². The number of halogens is 3. The topological polar surface area (TPSA) is 50.7 Å². The molecule has 1 saturated carbocycles. The van der Waals surface area contributed by atoms with E-state index in [0.29, 0.717) is 28.6 Å². The molecule has 0 saturated heterocycles. The van der Waals surface area contributed by atoms with Crippen LogP contribution in [0.2, 0.25) is 5.28 Å². The van der Waals surface area contributed by atoms with Crippen LogP contribution >= 0.6 is 11.6 Å². The molecular weight excluding hydrogens is 442 g/mol. The molecular formula is C26H25ClF2N4. The molecule has 0 aliphatic heterocycles. The van der Waals surface area contributed by atoms with Gasteiger partial charge in [-0.05, 0) is 110 Å². The molecule has 33 heavy (non-hydrogen) atoms. The molecule has 1 aliphatic carbocycles. The number of benzene rings is 2. The van der Waals surface area contributed by atoms with Crippen molar-refractivity contribution in [2.45, 2.75) is 51.0 Å². The van der Waals surface area contributed by atoms with Gasteiger partial charge in [-0.3, -0.25) is 4.98 Å². The van der Waals surface area contributed by atoms with Crippen LogP contribution in [0.4, 0.5) is 14.6 Å². The Labute approximate surface area is 196 Å². The highest BCUT2D eigenvalue weighted by molar-refractivity contribution is 6.28. The molecule has 1 N–H and O–H groups in total. The molecule has 170 valence electrons. The third-order valence-corrected chi connectivity index (χ3v) is 6.89. The third kappa shape index (κ3) is 4.76. The van der Waals surface area contributed by atoms with Crippen molar-refractivity contribution in [2.75, 3.05) is 5.32 Å². The summed E-state index contributed by atoms with van der Waals surface area (Å²) < 4.78 is 27.6. The van der Waals surface area contributed by atoms with Crippen LogP contribution in [-0.2, 0) is 0 Å². The smallest absolute Gasteiger partial charge is 0.224 e. The molecule has 0 radical (unpaired) electrons. The molecule has 1 atom stereocenters. The fourth-order valence-corrected chi connectivity index (χ4v) is 5.36. The molecule has 1 aliphatic rings. The average molecular weight is 467 g/mol. The second kappa shape index (κ2) is 9.18. The fraction of sp³-hybridized carbons (Fsp3) is 0.346. The van der Waals surface area contributed by atoms with E-state index in [2.05, 4.69) is 27.2 Å². The molecule has 5 rings (SSSR count). The molecule has 7 heteroatoms. The summed E-state index contributed by atoms with van der Waals surface area (Å²) in [6, 6.07) is 11.4. The number of fused-ring (bicyclic) bond motifs is 2. The van der Waals surface area contributed by atoms with E-state index < -0.39 is 0 Å². The normalized spacial score (nSPS) is 19.6. The summed E-state index contributed by atoms with van der Waals surface area (Å²) >= 11 is 6.08. The highest BCUT2D eigenvalue weighted by Crippen LogP contribution is 2.40. The Morgan fingerprint density at radius 2 is 1.64 bits per heavy atom. The molecule has 4 nitrogen and oxygen atoms in total. The van der Waals surface area contributed by atoms with Gasteiger partial charge in [0, 0.05) is 23.0 Å². The lowest BCUT2D eigenvalue weighted by Gasteiger charge is -2.31. The Kier molecular flexibility index (Phi) is 6.11. The van der Waals surface area contributed by atoms with Gasteiger partial charge in [-0.25, -0.2) is 18.7 Å². The van der Waals surface area contributed by atoms with Crippen LogP contribution in [0.1, 0.15) is 50.5 Å². The number of rotatable bonds is 5. The van der Waals surface area contributed by atoms with Crippen LogP contribution in [0.15, 0.2) is 48.7 Å². The predicted molar refractivity (Wildman–Crippen MR) is 129 cm³/mol. The van der Waals surface area contributed by atoms with Crippen molar-refractivity contribution >= 4 is 39.2 Å². The number of aromatic nitrogens is 3. The number of anilines is 1. The van der Waals surface area contributed by atoms with Gasteiger partial charge in [-0.1, -0.05) is 0 Å². The van der Waals surface area contributed by atoms with Crippen molar-refractivity contribution in [1.82, 2.24) is 15.0 Å². The van der Waals surface area contributed by atoms with Crippen molar-refractivity contribution in [3.8, 4) is 0 Å². The molecule has 4 aromatic rings. The number of hydrogen-bond acceptors (Lipinski definition) is 4. The second-order valence-corrected chi connectivity index (χ2v) is 9.40. The lowest BCUT2D eigenvalue weighted by atomic mass is 9.76. The summed E-state index contributed by atoms with van der Waals surface area (Å²) in [5.74, 6) is 1.02. The van der Waals surface area contributed by atoms with Crippen molar-refractivity contribution in [3.05, 3.63) is 71.1 Å². The molecule has 0 spiro atoms. The first-order valence-electron chi connectivity index (χ1n) is 11.4. The Hall–Kier alpha value is -2.86. The maximum atomic E-state index is 13.8. The number of nitrogens with zero attached hydrogens (tertiary/aromatic N) is 3. The molecule has 2 heterocycles. The molecule has 2 aromatic carbocycles. The van der Waals surface area contributed by atoms with Crippen LogP contribution in [0, 0.1) is 17.6 Å². The predicted octanol–water partition coefficient (Wildman–Crippen LogP) is 7.27. The van der Waals surface area contributed by atoms with E-state index in [1.807, 2.05) is 12.3 Å². The van der Waals surface area contributed by atoms with E-state index >= 15 is 0 Å². The molecule has 2 aromatic heterocycles. The molecule has 0 amide bonds. The van der Waals surface area contributed by atoms with E-state index in [1.165, 1.54) is 23.8 Å². The summed E-state index contributed by atoms with van der Waals surface area (Å²) in [5.41, 5.74) is 2.67. The second-order valence-electron chi connectivity index (χ2n) is 9.06. The van der Waals surface area contributed by atoms with Crippen LogP contribution in [0.3, 0.4) is 0 Å². The zero-order valence-electron chi connectivity index (χ0n) is 18.4. The van der Waals surface area contributed by atoms with Gasteiger partial charge in [0.15, 0.2) is 0 Å². The Morgan fingerprint density at radius 1 is 0.939 bits per heavy atom. The summed E-state index contributed by atoms with van der Waals surface area (Å²) in [7, 11) is 0.